The van der Waals surface area contributed by atoms with Crippen LogP contribution in [0.25, 0.3) is 0 Å². The molecule has 1 aliphatic heterocycles. The van der Waals surface area contributed by atoms with Crippen molar-refractivity contribution >= 4 is 10.0 Å². The minimum atomic E-state index is -3.37. The number of hydrogen-bond acceptors (Lipinski definition) is 3. The summed E-state index contributed by atoms with van der Waals surface area (Å²) in [6, 6.07) is 0.0960. The van der Waals surface area contributed by atoms with Crippen LogP contribution in [0.2, 0.25) is 0 Å². The number of aromatic nitrogens is 2. The van der Waals surface area contributed by atoms with Gasteiger partial charge in [-0.1, -0.05) is 0 Å². The number of rotatable bonds is 2. The van der Waals surface area contributed by atoms with Crippen molar-refractivity contribution in [3.05, 3.63) is 11.4 Å². The van der Waals surface area contributed by atoms with Gasteiger partial charge in [0.2, 0.25) is 10.0 Å². The van der Waals surface area contributed by atoms with Gasteiger partial charge in [-0.15, -0.1) is 0 Å². The molecule has 16 heavy (non-hydrogen) atoms. The van der Waals surface area contributed by atoms with Gasteiger partial charge in [0.1, 0.15) is 4.90 Å². The van der Waals surface area contributed by atoms with Crippen molar-refractivity contribution in [2.45, 2.75) is 44.6 Å². The highest BCUT2D eigenvalue weighted by molar-refractivity contribution is 7.89. The lowest BCUT2D eigenvalue weighted by Crippen LogP contribution is -2.34. The number of nitrogens with one attached hydrogen (secondary N) is 1. The Kier molecular flexibility index (Phi) is 2.79. The average molecular weight is 243 g/mol. The SMILES string of the molecule is Cc1n[nH]c(C)c1S(=O)(=O)N1CCCC1C. The normalized spacial score (nSPS) is 22.8. The van der Waals surface area contributed by atoms with Gasteiger partial charge < -0.3 is 0 Å². The Morgan fingerprint density at radius 1 is 1.44 bits per heavy atom. The molecule has 1 N–H and O–H groups in total. The lowest BCUT2D eigenvalue weighted by Gasteiger charge is -2.20. The molecule has 1 unspecified atom stereocenters. The van der Waals surface area contributed by atoms with Crippen molar-refractivity contribution in [3.63, 3.8) is 0 Å². The summed E-state index contributed by atoms with van der Waals surface area (Å²) in [5.41, 5.74) is 1.17. The van der Waals surface area contributed by atoms with E-state index in [0.29, 0.717) is 22.8 Å². The summed E-state index contributed by atoms with van der Waals surface area (Å²) in [4.78, 5) is 0.348. The van der Waals surface area contributed by atoms with Crippen molar-refractivity contribution in [1.82, 2.24) is 14.5 Å². The van der Waals surface area contributed by atoms with Crippen molar-refractivity contribution in [1.29, 1.82) is 0 Å². The summed E-state index contributed by atoms with van der Waals surface area (Å²) in [6.07, 6.45) is 1.88. The Morgan fingerprint density at radius 2 is 2.12 bits per heavy atom. The minimum absolute atomic E-state index is 0.0960. The number of sulfonamides is 1. The van der Waals surface area contributed by atoms with Gasteiger partial charge in [-0.3, -0.25) is 5.10 Å². The third-order valence-corrected chi connectivity index (χ3v) is 5.40. The Bertz CT molecular complexity index is 473. The molecule has 0 bridgehead atoms. The maximum Gasteiger partial charge on any atom is 0.246 e. The van der Waals surface area contributed by atoms with E-state index in [2.05, 4.69) is 10.2 Å². The molecule has 0 saturated carbocycles. The van der Waals surface area contributed by atoms with E-state index in [1.807, 2.05) is 6.92 Å². The zero-order valence-electron chi connectivity index (χ0n) is 9.82. The van der Waals surface area contributed by atoms with E-state index in [1.165, 1.54) is 0 Å². The lowest BCUT2D eigenvalue weighted by atomic mass is 10.3. The van der Waals surface area contributed by atoms with Gasteiger partial charge in [0, 0.05) is 12.6 Å². The molecule has 2 heterocycles. The van der Waals surface area contributed by atoms with Gasteiger partial charge in [-0.25, -0.2) is 8.42 Å². The Labute approximate surface area is 95.9 Å². The van der Waals surface area contributed by atoms with Crippen molar-refractivity contribution in [2.24, 2.45) is 0 Å². The fraction of sp³-hybridized carbons (Fsp3) is 0.700. The van der Waals surface area contributed by atoms with Crippen LogP contribution in [-0.4, -0.2) is 35.5 Å². The zero-order chi connectivity index (χ0) is 11.9. The Morgan fingerprint density at radius 3 is 2.56 bits per heavy atom. The molecule has 1 atom stereocenters. The third-order valence-electron chi connectivity index (χ3n) is 3.12. The van der Waals surface area contributed by atoms with E-state index in [0.717, 1.165) is 12.8 Å². The summed E-state index contributed by atoms with van der Waals surface area (Å²) in [5.74, 6) is 0. The molecule has 1 fully saturated rings. The fourth-order valence-electron chi connectivity index (χ4n) is 2.30. The standard InChI is InChI=1S/C10H17N3O2S/c1-7-5-4-6-13(7)16(14,15)10-8(2)11-12-9(10)3/h7H,4-6H2,1-3H3,(H,11,12). The number of H-pyrrole nitrogens is 1. The molecule has 6 heteroatoms. The molecule has 1 aromatic heterocycles. The summed E-state index contributed by atoms with van der Waals surface area (Å²) < 4.78 is 26.4. The molecule has 0 amide bonds. The van der Waals surface area contributed by atoms with E-state index in [1.54, 1.807) is 18.2 Å². The molecule has 1 saturated heterocycles. The average Bonchev–Trinajstić information content (AvgIpc) is 2.73. The third kappa shape index (κ3) is 1.66. The molecule has 0 radical (unpaired) electrons. The van der Waals surface area contributed by atoms with E-state index >= 15 is 0 Å². The number of nitrogens with zero attached hydrogens (tertiary/aromatic N) is 2. The Hall–Kier alpha value is -0.880. The van der Waals surface area contributed by atoms with Crippen molar-refractivity contribution < 1.29 is 8.42 Å². The lowest BCUT2D eigenvalue weighted by molar-refractivity contribution is 0.408. The monoisotopic (exact) mass is 243 g/mol. The van der Waals surface area contributed by atoms with Crippen LogP contribution in [0.4, 0.5) is 0 Å². The van der Waals surface area contributed by atoms with Crippen LogP contribution in [0.5, 0.6) is 0 Å². The van der Waals surface area contributed by atoms with Crippen molar-refractivity contribution in [2.75, 3.05) is 6.54 Å². The van der Waals surface area contributed by atoms with Crippen LogP contribution in [0, 0.1) is 13.8 Å². The first-order chi connectivity index (χ1) is 7.44. The van der Waals surface area contributed by atoms with Crippen LogP contribution in [0.1, 0.15) is 31.2 Å². The number of aromatic amines is 1. The second kappa shape index (κ2) is 3.85. The topological polar surface area (TPSA) is 66.1 Å². The second-order valence-electron chi connectivity index (χ2n) is 4.37. The first-order valence-corrected chi connectivity index (χ1v) is 6.92. The highest BCUT2D eigenvalue weighted by atomic mass is 32.2. The number of aryl methyl sites for hydroxylation is 2. The van der Waals surface area contributed by atoms with Crippen LogP contribution in [0.15, 0.2) is 4.90 Å². The smallest absolute Gasteiger partial charge is 0.246 e. The molecule has 2 rings (SSSR count). The molecule has 0 spiro atoms. The van der Waals surface area contributed by atoms with Gasteiger partial charge in [0.05, 0.1) is 11.4 Å². The zero-order valence-corrected chi connectivity index (χ0v) is 10.6. The first kappa shape index (κ1) is 11.6. The van der Waals surface area contributed by atoms with E-state index < -0.39 is 10.0 Å². The van der Waals surface area contributed by atoms with Gasteiger partial charge in [0.25, 0.3) is 0 Å². The van der Waals surface area contributed by atoms with E-state index in [9.17, 15) is 8.42 Å². The molecule has 1 aromatic rings. The Balaban J connectivity index is 2.47. The maximum atomic E-state index is 12.4. The fourth-order valence-corrected chi connectivity index (χ4v) is 4.34. The summed E-state index contributed by atoms with van der Waals surface area (Å²) in [6.45, 7) is 6.04. The minimum Gasteiger partial charge on any atom is -0.281 e. The highest BCUT2D eigenvalue weighted by Gasteiger charge is 2.35. The molecular formula is C10H17N3O2S. The van der Waals surface area contributed by atoms with Crippen LogP contribution < -0.4 is 0 Å². The maximum absolute atomic E-state index is 12.4. The molecule has 5 nitrogen and oxygen atoms in total. The predicted octanol–water partition coefficient (Wildman–Crippen LogP) is 1.20. The number of hydrogen-bond donors (Lipinski definition) is 1. The predicted molar refractivity (Wildman–Crippen MR) is 60.6 cm³/mol. The summed E-state index contributed by atoms with van der Waals surface area (Å²) in [7, 11) is -3.37. The van der Waals surface area contributed by atoms with Crippen LogP contribution in [0.3, 0.4) is 0 Å². The second-order valence-corrected chi connectivity index (χ2v) is 6.20. The van der Waals surface area contributed by atoms with Crippen molar-refractivity contribution in [3.8, 4) is 0 Å². The molecule has 1 aliphatic rings. The van der Waals surface area contributed by atoms with Crippen LogP contribution in [-0.2, 0) is 10.0 Å². The van der Waals surface area contributed by atoms with Crippen LogP contribution >= 0.6 is 0 Å². The molecule has 90 valence electrons. The van der Waals surface area contributed by atoms with Gasteiger partial charge in [-0.2, -0.15) is 9.40 Å². The van der Waals surface area contributed by atoms with Gasteiger partial charge in [-0.05, 0) is 33.6 Å². The van der Waals surface area contributed by atoms with Gasteiger partial charge >= 0.3 is 0 Å². The quantitative estimate of drug-likeness (QED) is 0.848. The molecule has 0 aromatic carbocycles. The highest BCUT2D eigenvalue weighted by Crippen LogP contribution is 2.28. The first-order valence-electron chi connectivity index (χ1n) is 5.48. The largest absolute Gasteiger partial charge is 0.281 e. The van der Waals surface area contributed by atoms with Gasteiger partial charge in [0.15, 0.2) is 0 Å². The van der Waals surface area contributed by atoms with E-state index in [-0.39, 0.29) is 6.04 Å². The molecular weight excluding hydrogens is 226 g/mol. The summed E-state index contributed by atoms with van der Waals surface area (Å²) in [5, 5.41) is 6.67. The molecule has 0 aliphatic carbocycles. The van der Waals surface area contributed by atoms with E-state index in [4.69, 9.17) is 0 Å². The summed E-state index contributed by atoms with van der Waals surface area (Å²) >= 11 is 0.